The minimum atomic E-state index is 0.539. The highest BCUT2D eigenvalue weighted by Gasteiger charge is 2.11. The molecule has 0 bridgehead atoms. The molecule has 118 valence electrons. The molecule has 3 heterocycles. The molecule has 24 heavy (non-hydrogen) atoms. The van der Waals surface area contributed by atoms with E-state index in [1.54, 1.807) is 12.4 Å². The van der Waals surface area contributed by atoms with E-state index in [-0.39, 0.29) is 0 Å². The molecule has 0 saturated heterocycles. The number of para-hydroxylation sites is 1. The van der Waals surface area contributed by atoms with Crippen LogP contribution in [-0.2, 0) is 0 Å². The van der Waals surface area contributed by atoms with Crippen LogP contribution in [0.2, 0.25) is 0 Å². The molecule has 0 spiro atoms. The molecular weight excluding hydrogens is 300 g/mol. The standard InChI is InChI=1S/C18H16N6/c1-12-10-17-20-11-16(24(17)23-13(12)2)15-8-9-19-18(22-15)21-14-6-4-3-5-7-14/h3-11H,1-2H3,(H,19,21,22). The van der Waals surface area contributed by atoms with E-state index in [9.17, 15) is 0 Å². The van der Waals surface area contributed by atoms with E-state index < -0.39 is 0 Å². The Bertz CT molecular complexity index is 1010. The third-order valence-electron chi connectivity index (χ3n) is 3.88. The first-order chi connectivity index (χ1) is 11.7. The fourth-order valence-electron chi connectivity index (χ4n) is 2.48. The van der Waals surface area contributed by atoms with E-state index >= 15 is 0 Å². The van der Waals surface area contributed by atoms with Crippen LogP contribution < -0.4 is 5.32 Å². The minimum absolute atomic E-state index is 0.539. The summed E-state index contributed by atoms with van der Waals surface area (Å²) in [7, 11) is 0. The van der Waals surface area contributed by atoms with Gasteiger partial charge < -0.3 is 5.32 Å². The molecule has 0 aliphatic rings. The van der Waals surface area contributed by atoms with E-state index in [2.05, 4.69) is 25.4 Å². The summed E-state index contributed by atoms with van der Waals surface area (Å²) in [4.78, 5) is 13.3. The molecule has 0 unspecified atom stereocenters. The van der Waals surface area contributed by atoms with Crippen molar-refractivity contribution in [2.45, 2.75) is 13.8 Å². The minimum Gasteiger partial charge on any atom is -0.324 e. The summed E-state index contributed by atoms with van der Waals surface area (Å²) in [5.74, 6) is 0.539. The Balaban J connectivity index is 1.75. The van der Waals surface area contributed by atoms with Gasteiger partial charge in [-0.25, -0.2) is 19.5 Å². The molecule has 0 aliphatic heterocycles. The van der Waals surface area contributed by atoms with Gasteiger partial charge in [0.1, 0.15) is 5.69 Å². The topological polar surface area (TPSA) is 68.0 Å². The summed E-state index contributed by atoms with van der Waals surface area (Å²) in [6, 6.07) is 13.7. The van der Waals surface area contributed by atoms with Crippen molar-refractivity contribution in [2.75, 3.05) is 5.32 Å². The number of fused-ring (bicyclic) bond motifs is 1. The predicted molar refractivity (Wildman–Crippen MR) is 93.2 cm³/mol. The van der Waals surface area contributed by atoms with Gasteiger partial charge in [-0.05, 0) is 43.7 Å². The first-order valence-corrected chi connectivity index (χ1v) is 7.68. The molecule has 3 aromatic heterocycles. The quantitative estimate of drug-likeness (QED) is 0.626. The lowest BCUT2D eigenvalue weighted by Gasteiger charge is -2.07. The number of anilines is 2. The van der Waals surface area contributed by atoms with Gasteiger partial charge in [-0.2, -0.15) is 5.10 Å². The lowest BCUT2D eigenvalue weighted by Crippen LogP contribution is -2.01. The number of hydrogen-bond acceptors (Lipinski definition) is 5. The molecule has 0 fully saturated rings. The second-order valence-electron chi connectivity index (χ2n) is 5.58. The summed E-state index contributed by atoms with van der Waals surface area (Å²) >= 11 is 0. The van der Waals surface area contributed by atoms with E-state index in [1.807, 2.05) is 60.8 Å². The molecule has 1 aromatic carbocycles. The lowest BCUT2D eigenvalue weighted by molar-refractivity contribution is 0.891. The van der Waals surface area contributed by atoms with Gasteiger partial charge in [0.2, 0.25) is 5.95 Å². The van der Waals surface area contributed by atoms with Gasteiger partial charge in [0.15, 0.2) is 5.65 Å². The molecule has 6 nitrogen and oxygen atoms in total. The molecule has 6 heteroatoms. The maximum absolute atomic E-state index is 4.60. The maximum Gasteiger partial charge on any atom is 0.227 e. The summed E-state index contributed by atoms with van der Waals surface area (Å²) in [6.45, 7) is 4.02. The van der Waals surface area contributed by atoms with E-state index in [1.165, 1.54) is 0 Å². The number of aryl methyl sites for hydroxylation is 2. The number of nitrogens with one attached hydrogen (secondary N) is 1. The Morgan fingerprint density at radius 2 is 1.83 bits per heavy atom. The molecule has 4 aromatic rings. The molecular formula is C18H16N6. The molecule has 0 saturated carbocycles. The fourth-order valence-corrected chi connectivity index (χ4v) is 2.48. The van der Waals surface area contributed by atoms with Crippen molar-refractivity contribution >= 4 is 17.3 Å². The van der Waals surface area contributed by atoms with Gasteiger partial charge in [0, 0.05) is 11.9 Å². The second-order valence-corrected chi connectivity index (χ2v) is 5.58. The van der Waals surface area contributed by atoms with E-state index in [0.29, 0.717) is 5.95 Å². The van der Waals surface area contributed by atoms with Gasteiger partial charge in [-0.3, -0.25) is 0 Å². The van der Waals surface area contributed by atoms with Crippen molar-refractivity contribution in [1.29, 1.82) is 0 Å². The summed E-state index contributed by atoms with van der Waals surface area (Å²) < 4.78 is 1.82. The Hall–Kier alpha value is -3.28. The smallest absolute Gasteiger partial charge is 0.227 e. The van der Waals surface area contributed by atoms with Gasteiger partial charge >= 0.3 is 0 Å². The van der Waals surface area contributed by atoms with Crippen LogP contribution in [0.4, 0.5) is 11.6 Å². The largest absolute Gasteiger partial charge is 0.324 e. The number of rotatable bonds is 3. The number of benzene rings is 1. The average Bonchev–Trinajstić information content (AvgIpc) is 2.99. The Morgan fingerprint density at radius 1 is 1.00 bits per heavy atom. The maximum atomic E-state index is 4.60. The molecule has 0 atom stereocenters. The van der Waals surface area contributed by atoms with Crippen molar-refractivity contribution in [2.24, 2.45) is 0 Å². The number of imidazole rings is 1. The Labute approximate surface area is 139 Å². The highest BCUT2D eigenvalue weighted by Crippen LogP contribution is 2.21. The molecule has 1 N–H and O–H groups in total. The monoisotopic (exact) mass is 316 g/mol. The van der Waals surface area contributed by atoms with Crippen LogP contribution in [0.15, 0.2) is 54.9 Å². The van der Waals surface area contributed by atoms with Crippen LogP contribution >= 0.6 is 0 Å². The summed E-state index contributed by atoms with van der Waals surface area (Å²) in [5.41, 5.74) is 5.45. The van der Waals surface area contributed by atoms with Crippen molar-refractivity contribution < 1.29 is 0 Å². The van der Waals surface area contributed by atoms with E-state index in [4.69, 9.17) is 0 Å². The highest BCUT2D eigenvalue weighted by molar-refractivity contribution is 5.62. The van der Waals surface area contributed by atoms with Crippen molar-refractivity contribution in [3.63, 3.8) is 0 Å². The van der Waals surface area contributed by atoms with Gasteiger partial charge in [-0.1, -0.05) is 18.2 Å². The first kappa shape index (κ1) is 14.3. The normalized spacial score (nSPS) is 10.9. The fraction of sp³-hybridized carbons (Fsp3) is 0.111. The summed E-state index contributed by atoms with van der Waals surface area (Å²) in [6.07, 6.45) is 3.52. The van der Waals surface area contributed by atoms with Crippen molar-refractivity contribution in [1.82, 2.24) is 24.6 Å². The van der Waals surface area contributed by atoms with Crippen molar-refractivity contribution in [3.05, 3.63) is 66.1 Å². The Kier molecular flexibility index (Phi) is 3.42. The summed E-state index contributed by atoms with van der Waals surface area (Å²) in [5, 5.41) is 7.80. The van der Waals surface area contributed by atoms with Gasteiger partial charge in [0.05, 0.1) is 17.6 Å². The number of aromatic nitrogens is 5. The number of hydrogen-bond donors (Lipinski definition) is 1. The molecule has 0 radical (unpaired) electrons. The predicted octanol–water partition coefficient (Wildman–Crippen LogP) is 3.55. The third-order valence-corrected chi connectivity index (χ3v) is 3.88. The van der Waals surface area contributed by atoms with Crippen LogP contribution in [0.25, 0.3) is 17.0 Å². The van der Waals surface area contributed by atoms with Crippen molar-refractivity contribution in [3.8, 4) is 11.4 Å². The third kappa shape index (κ3) is 2.58. The van der Waals surface area contributed by atoms with Crippen LogP contribution in [-0.4, -0.2) is 24.6 Å². The van der Waals surface area contributed by atoms with Crippen LogP contribution in [0.1, 0.15) is 11.3 Å². The zero-order chi connectivity index (χ0) is 16.5. The zero-order valence-electron chi connectivity index (χ0n) is 13.4. The van der Waals surface area contributed by atoms with E-state index in [0.717, 1.165) is 34.0 Å². The first-order valence-electron chi connectivity index (χ1n) is 7.68. The van der Waals surface area contributed by atoms with Gasteiger partial charge in [0.25, 0.3) is 0 Å². The molecule has 0 amide bonds. The zero-order valence-corrected chi connectivity index (χ0v) is 13.4. The molecule has 4 rings (SSSR count). The van der Waals surface area contributed by atoms with Crippen LogP contribution in [0.3, 0.4) is 0 Å². The second kappa shape index (κ2) is 5.73. The van der Waals surface area contributed by atoms with Gasteiger partial charge in [-0.15, -0.1) is 0 Å². The van der Waals surface area contributed by atoms with Crippen LogP contribution in [0, 0.1) is 13.8 Å². The highest BCUT2D eigenvalue weighted by atomic mass is 15.3. The van der Waals surface area contributed by atoms with Crippen LogP contribution in [0.5, 0.6) is 0 Å². The SMILES string of the molecule is Cc1cc2ncc(-c3ccnc(Nc4ccccc4)n3)n2nc1C. The average molecular weight is 316 g/mol. The Morgan fingerprint density at radius 3 is 2.67 bits per heavy atom. The lowest BCUT2D eigenvalue weighted by atomic mass is 10.2. The number of nitrogens with zero attached hydrogens (tertiary/aromatic N) is 5. The molecule has 0 aliphatic carbocycles.